The summed E-state index contributed by atoms with van der Waals surface area (Å²) >= 11 is 5.01. The van der Waals surface area contributed by atoms with E-state index >= 15 is 0 Å². The summed E-state index contributed by atoms with van der Waals surface area (Å²) in [6.07, 6.45) is 1.91. The number of nitrogens with zero attached hydrogens (tertiary/aromatic N) is 4. The Morgan fingerprint density at radius 1 is 1.39 bits per heavy atom. The first-order valence-electron chi connectivity index (χ1n) is 7.22. The van der Waals surface area contributed by atoms with Crippen LogP contribution in [0.15, 0.2) is 34.9 Å². The predicted octanol–water partition coefficient (Wildman–Crippen LogP) is 2.31. The molecule has 0 N–H and O–H groups in total. The van der Waals surface area contributed by atoms with Crippen molar-refractivity contribution in [3.8, 4) is 0 Å². The number of thioether (sulfide) groups is 1. The molecule has 1 atom stereocenters. The molecule has 1 saturated heterocycles. The molecule has 0 saturated carbocycles. The lowest BCUT2D eigenvalue weighted by Gasteiger charge is -2.21. The molecule has 0 bridgehead atoms. The molecule has 1 aliphatic rings. The van der Waals surface area contributed by atoms with Crippen LogP contribution in [0.25, 0.3) is 0 Å². The second-order valence-electron chi connectivity index (χ2n) is 5.21. The van der Waals surface area contributed by atoms with Crippen molar-refractivity contribution < 1.29 is 9.53 Å². The average Bonchev–Trinajstić information content (AvgIpc) is 3.14. The van der Waals surface area contributed by atoms with Gasteiger partial charge in [0.2, 0.25) is 5.91 Å². The maximum absolute atomic E-state index is 12.0. The number of hydrogen-bond acceptors (Lipinski definition) is 5. The largest absolute Gasteiger partial charge is 0.383 e. The highest BCUT2D eigenvalue weighted by molar-refractivity contribution is 9.10. The van der Waals surface area contributed by atoms with Crippen LogP contribution in [-0.2, 0) is 16.1 Å². The predicted molar refractivity (Wildman–Crippen MR) is 92.1 cm³/mol. The van der Waals surface area contributed by atoms with Gasteiger partial charge in [-0.05, 0) is 17.7 Å². The fourth-order valence-electron chi connectivity index (χ4n) is 2.41. The molecule has 1 aromatic carbocycles. The second-order valence-corrected chi connectivity index (χ2v) is 7.19. The van der Waals surface area contributed by atoms with Crippen molar-refractivity contribution in [3.05, 3.63) is 46.2 Å². The summed E-state index contributed by atoms with van der Waals surface area (Å²) in [6.45, 7) is 1.76. The lowest BCUT2D eigenvalue weighted by molar-refractivity contribution is -0.128. The van der Waals surface area contributed by atoms with Gasteiger partial charge in [0, 0.05) is 18.1 Å². The van der Waals surface area contributed by atoms with Crippen LogP contribution in [0.4, 0.5) is 0 Å². The van der Waals surface area contributed by atoms with Crippen LogP contribution in [0.1, 0.15) is 16.6 Å². The van der Waals surface area contributed by atoms with Crippen LogP contribution in [0, 0.1) is 0 Å². The highest BCUT2D eigenvalue weighted by atomic mass is 79.9. The molecule has 1 aromatic heterocycles. The van der Waals surface area contributed by atoms with Crippen LogP contribution in [-0.4, -0.2) is 51.8 Å². The summed E-state index contributed by atoms with van der Waals surface area (Å²) < 4.78 is 7.94. The van der Waals surface area contributed by atoms with Gasteiger partial charge in [0.05, 0.1) is 25.1 Å². The number of carbonyl (C=O) groups excluding carboxylic acids is 1. The summed E-state index contributed by atoms with van der Waals surface area (Å²) in [5, 5.41) is 8.37. The van der Waals surface area contributed by atoms with E-state index in [1.165, 1.54) is 0 Å². The summed E-state index contributed by atoms with van der Waals surface area (Å²) in [5.74, 6) is 0.605. The van der Waals surface area contributed by atoms with E-state index in [0.717, 1.165) is 15.7 Å². The first kappa shape index (κ1) is 16.5. The third-order valence-corrected chi connectivity index (χ3v) is 5.33. The smallest absolute Gasteiger partial charge is 0.233 e. The first-order valence-corrected chi connectivity index (χ1v) is 9.06. The molecule has 122 valence electrons. The van der Waals surface area contributed by atoms with Crippen molar-refractivity contribution >= 4 is 33.6 Å². The first-order chi connectivity index (χ1) is 11.2. The number of rotatable bonds is 6. The maximum atomic E-state index is 12.0. The summed E-state index contributed by atoms with van der Waals surface area (Å²) in [6, 6.07) is 8.10. The standard InChI is InChI=1S/C15H17BrN4O2S/c1-22-7-6-20-14(21)10-23-15(20)13-9-19(18-17-13)8-11-2-4-12(16)5-3-11/h2-5,9,15H,6-8,10H2,1H3/t15-/m0/s1. The Balaban J connectivity index is 1.70. The summed E-state index contributed by atoms with van der Waals surface area (Å²) in [5.41, 5.74) is 1.96. The van der Waals surface area contributed by atoms with Crippen LogP contribution in [0.5, 0.6) is 0 Å². The van der Waals surface area contributed by atoms with E-state index in [2.05, 4.69) is 26.2 Å². The minimum Gasteiger partial charge on any atom is -0.383 e. The third-order valence-electron chi connectivity index (χ3n) is 3.57. The molecule has 1 aliphatic heterocycles. The Labute approximate surface area is 147 Å². The highest BCUT2D eigenvalue weighted by Crippen LogP contribution is 2.37. The Bertz CT molecular complexity index is 676. The van der Waals surface area contributed by atoms with E-state index in [1.807, 2.05) is 35.4 Å². The van der Waals surface area contributed by atoms with Crippen molar-refractivity contribution in [2.24, 2.45) is 0 Å². The van der Waals surface area contributed by atoms with E-state index < -0.39 is 0 Å². The zero-order valence-corrected chi connectivity index (χ0v) is 15.1. The Hall–Kier alpha value is -1.38. The quantitative estimate of drug-likeness (QED) is 0.749. The van der Waals surface area contributed by atoms with Gasteiger partial charge in [-0.2, -0.15) is 0 Å². The number of halogens is 1. The molecule has 0 unspecified atom stereocenters. The molecule has 6 nitrogen and oxygen atoms in total. The third kappa shape index (κ3) is 3.94. The van der Waals surface area contributed by atoms with Crippen molar-refractivity contribution in [1.82, 2.24) is 19.9 Å². The van der Waals surface area contributed by atoms with E-state index in [1.54, 1.807) is 23.6 Å². The van der Waals surface area contributed by atoms with Crippen molar-refractivity contribution in [2.45, 2.75) is 11.9 Å². The zero-order valence-electron chi connectivity index (χ0n) is 12.7. The monoisotopic (exact) mass is 396 g/mol. The van der Waals surface area contributed by atoms with Crippen molar-refractivity contribution in [3.63, 3.8) is 0 Å². The minimum atomic E-state index is -0.0729. The van der Waals surface area contributed by atoms with E-state index in [4.69, 9.17) is 4.74 Å². The molecule has 2 heterocycles. The van der Waals surface area contributed by atoms with Gasteiger partial charge in [-0.1, -0.05) is 33.3 Å². The van der Waals surface area contributed by atoms with Crippen LogP contribution in [0.2, 0.25) is 0 Å². The number of carbonyl (C=O) groups is 1. The Kier molecular flexibility index (Phi) is 5.34. The van der Waals surface area contributed by atoms with Gasteiger partial charge < -0.3 is 9.64 Å². The topological polar surface area (TPSA) is 60.2 Å². The second kappa shape index (κ2) is 7.46. The molecule has 3 rings (SSSR count). The SMILES string of the molecule is COCCN1C(=O)CS[C@H]1c1cn(Cc2ccc(Br)cc2)nn1. The lowest BCUT2D eigenvalue weighted by atomic mass is 10.2. The van der Waals surface area contributed by atoms with E-state index in [0.29, 0.717) is 25.4 Å². The molecule has 23 heavy (non-hydrogen) atoms. The van der Waals surface area contributed by atoms with Gasteiger partial charge in [0.25, 0.3) is 0 Å². The molecule has 1 fully saturated rings. The van der Waals surface area contributed by atoms with Crippen molar-refractivity contribution in [2.75, 3.05) is 26.0 Å². The Morgan fingerprint density at radius 3 is 2.91 bits per heavy atom. The molecule has 0 spiro atoms. The average molecular weight is 397 g/mol. The van der Waals surface area contributed by atoms with Gasteiger partial charge >= 0.3 is 0 Å². The molecule has 0 aliphatic carbocycles. The van der Waals surface area contributed by atoms with Gasteiger partial charge in [0.1, 0.15) is 11.1 Å². The van der Waals surface area contributed by atoms with Gasteiger partial charge in [0.15, 0.2) is 0 Å². The lowest BCUT2D eigenvalue weighted by Crippen LogP contribution is -2.31. The van der Waals surface area contributed by atoms with Crippen LogP contribution in [0.3, 0.4) is 0 Å². The summed E-state index contributed by atoms with van der Waals surface area (Å²) in [7, 11) is 1.64. The number of amides is 1. The maximum Gasteiger partial charge on any atom is 0.233 e. The normalized spacial score (nSPS) is 17.9. The molecule has 0 radical (unpaired) electrons. The minimum absolute atomic E-state index is 0.0729. The van der Waals surface area contributed by atoms with Crippen molar-refractivity contribution in [1.29, 1.82) is 0 Å². The zero-order chi connectivity index (χ0) is 16.2. The van der Waals surface area contributed by atoms with Crippen LogP contribution >= 0.6 is 27.7 Å². The summed E-state index contributed by atoms with van der Waals surface area (Å²) in [4.78, 5) is 13.8. The number of aromatic nitrogens is 3. The van der Waals surface area contributed by atoms with Gasteiger partial charge in [-0.25, -0.2) is 4.68 Å². The fraction of sp³-hybridized carbons (Fsp3) is 0.400. The number of hydrogen-bond donors (Lipinski definition) is 0. The number of methoxy groups -OCH3 is 1. The van der Waals surface area contributed by atoms with Gasteiger partial charge in [-0.15, -0.1) is 16.9 Å². The number of benzene rings is 1. The highest BCUT2D eigenvalue weighted by Gasteiger charge is 2.34. The molecular weight excluding hydrogens is 380 g/mol. The van der Waals surface area contributed by atoms with Crippen LogP contribution < -0.4 is 0 Å². The molecule has 8 heteroatoms. The van der Waals surface area contributed by atoms with E-state index in [-0.39, 0.29) is 11.3 Å². The van der Waals surface area contributed by atoms with Gasteiger partial charge in [-0.3, -0.25) is 4.79 Å². The molecular formula is C15H17BrN4O2S. The van der Waals surface area contributed by atoms with E-state index in [9.17, 15) is 4.79 Å². The Morgan fingerprint density at radius 2 is 2.17 bits per heavy atom. The fourth-order valence-corrected chi connectivity index (χ4v) is 3.82. The number of ether oxygens (including phenoxy) is 1. The molecule has 1 amide bonds. The molecule has 2 aromatic rings.